The van der Waals surface area contributed by atoms with Gasteiger partial charge in [0, 0.05) is 6.42 Å². The molecule has 0 amide bonds. The Labute approximate surface area is 76.3 Å². The minimum atomic E-state index is -0.0702. The summed E-state index contributed by atoms with van der Waals surface area (Å²) in [5.41, 5.74) is 1.78. The Balaban J connectivity index is 2.31. The molecule has 3 heteroatoms. The molecular weight excluding hydrogens is 174 g/mol. The van der Waals surface area contributed by atoms with Gasteiger partial charge in [-0.1, -0.05) is 23.8 Å². The Bertz CT molecular complexity index is 280. The second-order valence-electron chi connectivity index (χ2n) is 3.08. The van der Waals surface area contributed by atoms with Gasteiger partial charge in [0.15, 0.2) is 5.78 Å². The zero-order valence-corrected chi connectivity index (χ0v) is 7.40. The zero-order valence-electron chi connectivity index (χ0n) is 6.64. The number of rotatable bonds is 0. The summed E-state index contributed by atoms with van der Waals surface area (Å²) in [5, 5.41) is 3.01. The first-order valence-electron chi connectivity index (χ1n) is 4.11. The average Bonchev–Trinajstić information content (AvgIpc) is 2.07. The zero-order chi connectivity index (χ0) is 8.55. The Morgan fingerprint density at radius 3 is 3.25 bits per heavy atom. The monoisotopic (exact) mass is 183 g/mol. The minimum absolute atomic E-state index is 0.0702. The van der Waals surface area contributed by atoms with E-state index in [9.17, 15) is 4.79 Å². The third-order valence-electron chi connectivity index (χ3n) is 2.19. The molecule has 12 heavy (non-hydrogen) atoms. The average molecular weight is 184 g/mol. The third-order valence-corrected chi connectivity index (χ3v) is 2.52. The topological polar surface area (TPSA) is 29.1 Å². The summed E-state index contributed by atoms with van der Waals surface area (Å²) in [5.74, 6) is 0.165. The van der Waals surface area contributed by atoms with Gasteiger partial charge in [-0.05, 0) is 18.4 Å². The SMILES string of the molecule is O=C1CC=CC2=C1NC(Cl)CC2. The van der Waals surface area contributed by atoms with E-state index in [4.69, 9.17) is 11.6 Å². The Morgan fingerprint density at radius 1 is 1.58 bits per heavy atom. The van der Waals surface area contributed by atoms with Crippen LogP contribution in [0.1, 0.15) is 19.3 Å². The molecule has 1 aliphatic carbocycles. The van der Waals surface area contributed by atoms with Crippen LogP contribution in [0.4, 0.5) is 0 Å². The third kappa shape index (κ3) is 1.27. The second kappa shape index (κ2) is 2.94. The van der Waals surface area contributed by atoms with Crippen LogP contribution in [0.5, 0.6) is 0 Å². The first kappa shape index (κ1) is 7.87. The first-order chi connectivity index (χ1) is 5.77. The van der Waals surface area contributed by atoms with Gasteiger partial charge in [-0.2, -0.15) is 0 Å². The molecule has 0 aromatic rings. The lowest BCUT2D eigenvalue weighted by Gasteiger charge is -2.25. The predicted octanol–water partition coefficient (Wildman–Crippen LogP) is 1.72. The maximum atomic E-state index is 11.3. The van der Waals surface area contributed by atoms with Gasteiger partial charge < -0.3 is 5.32 Å². The number of halogens is 1. The van der Waals surface area contributed by atoms with E-state index in [2.05, 4.69) is 5.32 Å². The van der Waals surface area contributed by atoms with Crippen molar-refractivity contribution in [1.29, 1.82) is 0 Å². The summed E-state index contributed by atoms with van der Waals surface area (Å²) < 4.78 is 0. The van der Waals surface area contributed by atoms with Crippen molar-refractivity contribution in [2.45, 2.75) is 24.8 Å². The highest BCUT2D eigenvalue weighted by Crippen LogP contribution is 2.25. The molecule has 1 atom stereocenters. The van der Waals surface area contributed by atoms with Crippen LogP contribution < -0.4 is 5.32 Å². The van der Waals surface area contributed by atoms with Crippen LogP contribution in [0.25, 0.3) is 0 Å². The Morgan fingerprint density at radius 2 is 2.42 bits per heavy atom. The second-order valence-corrected chi connectivity index (χ2v) is 3.61. The van der Waals surface area contributed by atoms with E-state index in [1.807, 2.05) is 12.2 Å². The van der Waals surface area contributed by atoms with E-state index in [0.29, 0.717) is 6.42 Å². The fourth-order valence-corrected chi connectivity index (χ4v) is 1.78. The standard InChI is InChI=1S/C9H10ClNO/c10-8-5-4-6-2-1-3-7(12)9(6)11-8/h1-2,8,11H,3-5H2. The maximum Gasteiger partial charge on any atom is 0.182 e. The van der Waals surface area contributed by atoms with Crippen molar-refractivity contribution in [2.75, 3.05) is 0 Å². The highest BCUT2D eigenvalue weighted by molar-refractivity contribution is 6.21. The molecule has 1 heterocycles. The summed E-state index contributed by atoms with van der Waals surface area (Å²) >= 11 is 5.88. The van der Waals surface area contributed by atoms with E-state index in [0.717, 1.165) is 24.1 Å². The molecule has 0 saturated carbocycles. The Kier molecular flexibility index (Phi) is 1.93. The van der Waals surface area contributed by atoms with Crippen molar-refractivity contribution in [3.63, 3.8) is 0 Å². The van der Waals surface area contributed by atoms with Crippen LogP contribution >= 0.6 is 11.6 Å². The van der Waals surface area contributed by atoms with Crippen LogP contribution in [-0.2, 0) is 4.79 Å². The first-order valence-corrected chi connectivity index (χ1v) is 4.54. The van der Waals surface area contributed by atoms with Gasteiger partial charge in [0.1, 0.15) is 5.50 Å². The van der Waals surface area contributed by atoms with Crippen molar-refractivity contribution < 1.29 is 4.79 Å². The molecule has 1 unspecified atom stereocenters. The van der Waals surface area contributed by atoms with Crippen LogP contribution in [0.15, 0.2) is 23.4 Å². The molecule has 1 N–H and O–H groups in total. The van der Waals surface area contributed by atoms with Gasteiger partial charge in [-0.3, -0.25) is 4.79 Å². The fourth-order valence-electron chi connectivity index (χ4n) is 1.57. The molecule has 0 radical (unpaired) electrons. The lowest BCUT2D eigenvalue weighted by molar-refractivity contribution is -0.115. The normalized spacial score (nSPS) is 28.4. The number of Topliss-reactive ketones (excluding diaryl/α,β-unsaturated/α-hetero) is 1. The fraction of sp³-hybridized carbons (Fsp3) is 0.444. The van der Waals surface area contributed by atoms with Crippen molar-refractivity contribution in [3.05, 3.63) is 23.4 Å². The Hall–Kier alpha value is -0.760. The molecule has 2 nitrogen and oxygen atoms in total. The van der Waals surface area contributed by atoms with Crippen molar-refractivity contribution in [2.24, 2.45) is 0 Å². The van der Waals surface area contributed by atoms with E-state index in [1.165, 1.54) is 0 Å². The largest absolute Gasteiger partial charge is 0.366 e. The van der Waals surface area contributed by atoms with E-state index >= 15 is 0 Å². The van der Waals surface area contributed by atoms with Crippen LogP contribution in [0.2, 0.25) is 0 Å². The van der Waals surface area contributed by atoms with Crippen molar-refractivity contribution in [1.82, 2.24) is 5.32 Å². The van der Waals surface area contributed by atoms with Crippen molar-refractivity contribution >= 4 is 17.4 Å². The molecule has 0 saturated heterocycles. The van der Waals surface area contributed by atoms with Gasteiger partial charge in [0.25, 0.3) is 0 Å². The predicted molar refractivity (Wildman–Crippen MR) is 47.8 cm³/mol. The van der Waals surface area contributed by atoms with Crippen molar-refractivity contribution in [3.8, 4) is 0 Å². The number of ketones is 1. The van der Waals surface area contributed by atoms with Gasteiger partial charge in [-0.25, -0.2) is 0 Å². The number of hydrogen-bond acceptors (Lipinski definition) is 2. The van der Waals surface area contributed by atoms with Gasteiger partial charge in [-0.15, -0.1) is 0 Å². The summed E-state index contributed by atoms with van der Waals surface area (Å²) in [6.45, 7) is 0. The molecule has 64 valence electrons. The molecule has 2 rings (SSSR count). The van der Waals surface area contributed by atoms with Gasteiger partial charge in [0.05, 0.1) is 5.70 Å². The lowest BCUT2D eigenvalue weighted by atomic mass is 9.95. The number of allylic oxidation sites excluding steroid dienone is 4. The van der Waals surface area contributed by atoms with Crippen LogP contribution in [-0.4, -0.2) is 11.3 Å². The summed E-state index contributed by atoms with van der Waals surface area (Å²) in [4.78, 5) is 11.3. The molecule has 0 bridgehead atoms. The smallest absolute Gasteiger partial charge is 0.182 e. The van der Waals surface area contributed by atoms with Gasteiger partial charge >= 0.3 is 0 Å². The lowest BCUT2D eigenvalue weighted by Crippen LogP contribution is -2.33. The number of carbonyl (C=O) groups is 1. The van der Waals surface area contributed by atoms with E-state index in [1.54, 1.807) is 0 Å². The molecule has 0 fully saturated rings. The molecule has 0 aromatic heterocycles. The number of carbonyl (C=O) groups excluding carboxylic acids is 1. The van der Waals surface area contributed by atoms with Gasteiger partial charge in [0.2, 0.25) is 0 Å². The van der Waals surface area contributed by atoms with Crippen LogP contribution in [0.3, 0.4) is 0 Å². The highest BCUT2D eigenvalue weighted by Gasteiger charge is 2.23. The maximum absolute atomic E-state index is 11.3. The van der Waals surface area contributed by atoms with E-state index in [-0.39, 0.29) is 11.3 Å². The molecule has 0 aromatic carbocycles. The van der Waals surface area contributed by atoms with E-state index < -0.39 is 0 Å². The number of alkyl halides is 1. The number of nitrogens with one attached hydrogen (secondary N) is 1. The minimum Gasteiger partial charge on any atom is -0.366 e. The molecule has 0 spiro atoms. The molecular formula is C9H10ClNO. The quantitative estimate of drug-likeness (QED) is 0.458. The number of hydrogen-bond donors (Lipinski definition) is 1. The van der Waals surface area contributed by atoms with Crippen LogP contribution in [0, 0.1) is 0 Å². The molecule has 1 aliphatic heterocycles. The molecule has 2 aliphatic rings. The highest BCUT2D eigenvalue weighted by atomic mass is 35.5. The summed E-state index contributed by atoms with van der Waals surface area (Å²) in [7, 11) is 0. The summed E-state index contributed by atoms with van der Waals surface area (Å²) in [6.07, 6.45) is 6.26. The summed E-state index contributed by atoms with van der Waals surface area (Å²) in [6, 6.07) is 0.